The van der Waals surface area contributed by atoms with Crippen molar-refractivity contribution in [3.8, 4) is 11.5 Å². The van der Waals surface area contributed by atoms with Crippen LogP contribution in [0.1, 0.15) is 31.1 Å². The Bertz CT molecular complexity index is 417. The van der Waals surface area contributed by atoms with Crippen LogP contribution in [0.4, 0.5) is 0 Å². The molecule has 2 heterocycles. The number of rotatable bonds is 2. The highest BCUT2D eigenvalue weighted by Crippen LogP contribution is 2.36. The molecule has 1 aliphatic rings. The van der Waals surface area contributed by atoms with Gasteiger partial charge in [0.05, 0.1) is 0 Å². The molecule has 1 aliphatic carbocycles. The largest absolute Gasteiger partial charge is 0.420 e. The van der Waals surface area contributed by atoms with Crippen molar-refractivity contribution in [1.82, 2.24) is 10.2 Å². The van der Waals surface area contributed by atoms with E-state index < -0.39 is 0 Å². The monoisotopic (exact) mass is 206 g/mol. The van der Waals surface area contributed by atoms with Gasteiger partial charge in [-0.05, 0) is 24.3 Å². The first-order valence-corrected chi connectivity index (χ1v) is 5.74. The maximum Gasteiger partial charge on any atom is 0.248 e. The maximum absolute atomic E-state index is 5.62. The Balaban J connectivity index is 1.90. The van der Waals surface area contributed by atoms with E-state index in [1.165, 1.54) is 19.3 Å². The lowest BCUT2D eigenvalue weighted by Gasteiger charge is -2.20. The number of nitrogens with zero attached hydrogens (tertiary/aromatic N) is 2. The minimum Gasteiger partial charge on any atom is -0.420 e. The van der Waals surface area contributed by atoms with Gasteiger partial charge in [-0.1, -0.05) is 6.42 Å². The molecule has 1 fully saturated rings. The normalized spacial score (nSPS) is 16.9. The second-order valence-electron chi connectivity index (χ2n) is 3.59. The van der Waals surface area contributed by atoms with Gasteiger partial charge >= 0.3 is 0 Å². The van der Waals surface area contributed by atoms with Gasteiger partial charge in [-0.3, -0.25) is 0 Å². The summed E-state index contributed by atoms with van der Waals surface area (Å²) in [7, 11) is 0. The number of aromatic nitrogens is 2. The van der Waals surface area contributed by atoms with E-state index in [0.717, 1.165) is 11.5 Å². The van der Waals surface area contributed by atoms with Crippen molar-refractivity contribution in [2.24, 2.45) is 0 Å². The molecule has 0 saturated heterocycles. The van der Waals surface area contributed by atoms with E-state index in [2.05, 4.69) is 10.2 Å². The molecule has 3 nitrogen and oxygen atoms in total. The summed E-state index contributed by atoms with van der Waals surface area (Å²) in [6.07, 6.45) is 3.69. The number of hydrogen-bond donors (Lipinski definition) is 0. The lowest BCUT2D eigenvalue weighted by molar-refractivity contribution is 0.338. The minimum atomic E-state index is 0.523. The summed E-state index contributed by atoms with van der Waals surface area (Å²) in [4.78, 5) is 0. The number of hydrogen-bond acceptors (Lipinski definition) is 4. The Kier molecular flexibility index (Phi) is 1.87. The summed E-state index contributed by atoms with van der Waals surface area (Å²) in [5.74, 6) is 2.00. The van der Waals surface area contributed by atoms with Crippen LogP contribution in [0.3, 0.4) is 0 Å². The van der Waals surface area contributed by atoms with Crippen LogP contribution >= 0.6 is 11.3 Å². The van der Waals surface area contributed by atoms with Gasteiger partial charge in [-0.2, -0.15) is 11.3 Å². The van der Waals surface area contributed by atoms with Crippen molar-refractivity contribution in [2.75, 3.05) is 0 Å². The molecule has 0 unspecified atom stereocenters. The molecule has 0 bridgehead atoms. The van der Waals surface area contributed by atoms with Gasteiger partial charge in [-0.25, -0.2) is 0 Å². The average molecular weight is 206 g/mol. The molecule has 0 aromatic carbocycles. The number of thiophene rings is 1. The lowest BCUT2D eigenvalue weighted by Crippen LogP contribution is -2.08. The van der Waals surface area contributed by atoms with Crippen LogP contribution in [-0.2, 0) is 0 Å². The molecule has 0 atom stereocenters. The SMILES string of the molecule is c1cc(-c2nnc(C3CCC3)o2)cs1. The van der Waals surface area contributed by atoms with Crippen molar-refractivity contribution in [1.29, 1.82) is 0 Å². The molecule has 0 N–H and O–H groups in total. The molecular weight excluding hydrogens is 196 g/mol. The zero-order valence-electron chi connectivity index (χ0n) is 7.64. The Morgan fingerprint density at radius 3 is 2.93 bits per heavy atom. The Morgan fingerprint density at radius 2 is 2.29 bits per heavy atom. The first kappa shape index (κ1) is 8.17. The van der Waals surface area contributed by atoms with Crippen LogP contribution in [0.15, 0.2) is 21.2 Å². The van der Waals surface area contributed by atoms with Crippen molar-refractivity contribution in [3.63, 3.8) is 0 Å². The first-order chi connectivity index (χ1) is 6.93. The smallest absolute Gasteiger partial charge is 0.248 e. The second-order valence-corrected chi connectivity index (χ2v) is 4.37. The standard InChI is InChI=1S/C10H10N2OS/c1-2-7(3-1)9-11-12-10(13-9)8-4-5-14-6-8/h4-7H,1-3H2. The predicted molar refractivity (Wildman–Crippen MR) is 54.2 cm³/mol. The highest BCUT2D eigenvalue weighted by Gasteiger charge is 2.25. The van der Waals surface area contributed by atoms with E-state index in [0.29, 0.717) is 11.8 Å². The van der Waals surface area contributed by atoms with Crippen LogP contribution in [0.5, 0.6) is 0 Å². The predicted octanol–water partition coefficient (Wildman–Crippen LogP) is 3.07. The summed E-state index contributed by atoms with van der Waals surface area (Å²) in [6, 6.07) is 2.00. The van der Waals surface area contributed by atoms with Gasteiger partial charge in [0, 0.05) is 16.9 Å². The van der Waals surface area contributed by atoms with E-state index in [9.17, 15) is 0 Å². The molecule has 2 aromatic heterocycles. The second kappa shape index (κ2) is 3.20. The van der Waals surface area contributed by atoms with Crippen LogP contribution in [0.25, 0.3) is 11.5 Å². The highest BCUT2D eigenvalue weighted by atomic mass is 32.1. The highest BCUT2D eigenvalue weighted by molar-refractivity contribution is 7.08. The molecule has 1 saturated carbocycles. The van der Waals surface area contributed by atoms with E-state index in [1.54, 1.807) is 11.3 Å². The minimum absolute atomic E-state index is 0.523. The molecule has 0 spiro atoms. The van der Waals surface area contributed by atoms with Crippen molar-refractivity contribution in [2.45, 2.75) is 25.2 Å². The molecule has 2 aromatic rings. The average Bonchev–Trinajstić information content (AvgIpc) is 2.65. The third-order valence-corrected chi connectivity index (χ3v) is 3.35. The van der Waals surface area contributed by atoms with Crippen molar-refractivity contribution in [3.05, 3.63) is 22.7 Å². The topological polar surface area (TPSA) is 38.9 Å². The Morgan fingerprint density at radius 1 is 1.36 bits per heavy atom. The molecule has 4 heteroatoms. The fourth-order valence-electron chi connectivity index (χ4n) is 1.56. The van der Waals surface area contributed by atoms with Gasteiger partial charge in [0.1, 0.15) is 0 Å². The van der Waals surface area contributed by atoms with Gasteiger partial charge in [-0.15, -0.1) is 10.2 Å². The lowest BCUT2D eigenvalue weighted by atomic mass is 9.85. The third kappa shape index (κ3) is 1.26. The van der Waals surface area contributed by atoms with Crippen molar-refractivity contribution < 1.29 is 4.42 Å². The van der Waals surface area contributed by atoms with Gasteiger partial charge in [0.15, 0.2) is 0 Å². The van der Waals surface area contributed by atoms with E-state index >= 15 is 0 Å². The molecule has 14 heavy (non-hydrogen) atoms. The summed E-state index contributed by atoms with van der Waals surface area (Å²) in [6.45, 7) is 0. The molecular formula is C10H10N2OS. The summed E-state index contributed by atoms with van der Waals surface area (Å²) >= 11 is 1.64. The molecule has 0 radical (unpaired) electrons. The van der Waals surface area contributed by atoms with Crippen LogP contribution < -0.4 is 0 Å². The Labute approximate surface area is 85.8 Å². The van der Waals surface area contributed by atoms with Gasteiger partial charge < -0.3 is 4.42 Å². The fraction of sp³-hybridized carbons (Fsp3) is 0.400. The molecule has 0 aliphatic heterocycles. The van der Waals surface area contributed by atoms with E-state index in [4.69, 9.17) is 4.42 Å². The van der Waals surface area contributed by atoms with Crippen LogP contribution in [0.2, 0.25) is 0 Å². The molecule has 3 rings (SSSR count). The van der Waals surface area contributed by atoms with Crippen LogP contribution in [-0.4, -0.2) is 10.2 Å². The van der Waals surface area contributed by atoms with E-state index in [1.807, 2.05) is 16.8 Å². The summed E-state index contributed by atoms with van der Waals surface area (Å²) in [5, 5.41) is 12.2. The fourth-order valence-corrected chi connectivity index (χ4v) is 2.19. The zero-order valence-corrected chi connectivity index (χ0v) is 8.46. The van der Waals surface area contributed by atoms with Crippen molar-refractivity contribution >= 4 is 11.3 Å². The van der Waals surface area contributed by atoms with Gasteiger partial charge in [0.25, 0.3) is 0 Å². The summed E-state index contributed by atoms with van der Waals surface area (Å²) in [5.41, 5.74) is 1.04. The molecule has 72 valence electrons. The van der Waals surface area contributed by atoms with E-state index in [-0.39, 0.29) is 0 Å². The maximum atomic E-state index is 5.62. The van der Waals surface area contributed by atoms with Crippen LogP contribution in [0, 0.1) is 0 Å². The van der Waals surface area contributed by atoms with Gasteiger partial charge in [0.2, 0.25) is 11.8 Å². The third-order valence-electron chi connectivity index (χ3n) is 2.66. The zero-order chi connectivity index (χ0) is 9.38. The summed E-state index contributed by atoms with van der Waals surface area (Å²) < 4.78 is 5.62. The quantitative estimate of drug-likeness (QED) is 0.758. The Hall–Kier alpha value is -1.16. The first-order valence-electron chi connectivity index (χ1n) is 4.79. The molecule has 0 amide bonds.